The van der Waals surface area contributed by atoms with Gasteiger partial charge in [0.2, 0.25) is 0 Å². The topological polar surface area (TPSA) is 9.23 Å². The van der Waals surface area contributed by atoms with Crippen LogP contribution in [0.3, 0.4) is 0 Å². The number of benzene rings is 2. The predicted molar refractivity (Wildman–Crippen MR) is 84.6 cm³/mol. The van der Waals surface area contributed by atoms with Gasteiger partial charge in [-0.25, -0.2) is 0 Å². The summed E-state index contributed by atoms with van der Waals surface area (Å²) in [7, 11) is 1.67. The minimum atomic E-state index is -0.183. The van der Waals surface area contributed by atoms with E-state index in [0.29, 0.717) is 0 Å². The van der Waals surface area contributed by atoms with Gasteiger partial charge < -0.3 is 4.74 Å². The number of rotatable bonds is 3. The van der Waals surface area contributed by atoms with Crippen LogP contribution in [0.2, 0.25) is 0 Å². The summed E-state index contributed by atoms with van der Waals surface area (Å²) < 4.78 is 6.59. The molecular weight excluding hydrogens is 359 g/mol. The highest BCUT2D eigenvalue weighted by molar-refractivity contribution is 14.1. The van der Waals surface area contributed by atoms with Crippen LogP contribution < -0.4 is 4.74 Å². The number of hydrogen-bond donors (Lipinski definition) is 0. The van der Waals surface area contributed by atoms with Gasteiger partial charge in [0.1, 0.15) is 5.75 Å². The van der Waals surface area contributed by atoms with Crippen molar-refractivity contribution in [2.75, 3.05) is 7.11 Å². The summed E-state index contributed by atoms with van der Waals surface area (Å²) >= 11 is 8.84. The van der Waals surface area contributed by atoms with Gasteiger partial charge in [-0.1, -0.05) is 29.8 Å². The van der Waals surface area contributed by atoms with E-state index >= 15 is 0 Å². The van der Waals surface area contributed by atoms with Crippen LogP contribution >= 0.6 is 34.2 Å². The Morgan fingerprint density at radius 2 is 1.78 bits per heavy atom. The quantitative estimate of drug-likeness (QED) is 0.548. The Bertz CT molecular complexity index is 537. The molecule has 2 aromatic carbocycles. The Morgan fingerprint density at radius 3 is 2.39 bits per heavy atom. The fourth-order valence-electron chi connectivity index (χ4n) is 1.86. The minimum Gasteiger partial charge on any atom is -0.496 e. The first-order chi connectivity index (χ1) is 8.61. The summed E-state index contributed by atoms with van der Waals surface area (Å²) in [5, 5.41) is -0.183. The monoisotopic (exact) mass is 372 g/mol. The predicted octanol–water partition coefficient (Wildman–Crippen LogP) is 4.94. The molecule has 1 atom stereocenters. The van der Waals surface area contributed by atoms with Gasteiger partial charge in [-0.3, -0.25) is 0 Å². The fraction of sp³-hybridized carbons (Fsp3) is 0.200. The van der Waals surface area contributed by atoms with E-state index < -0.39 is 0 Å². The summed E-state index contributed by atoms with van der Waals surface area (Å²) in [6.07, 6.45) is 0. The van der Waals surface area contributed by atoms with Gasteiger partial charge in [0.05, 0.1) is 12.5 Å². The van der Waals surface area contributed by atoms with Crippen molar-refractivity contribution in [3.05, 3.63) is 62.7 Å². The Balaban J connectivity index is 2.41. The number of aryl methyl sites for hydroxylation is 1. The highest BCUT2D eigenvalue weighted by Crippen LogP contribution is 2.35. The van der Waals surface area contributed by atoms with Crippen LogP contribution in [0.5, 0.6) is 5.75 Å². The van der Waals surface area contributed by atoms with E-state index in [0.717, 1.165) is 16.9 Å². The largest absolute Gasteiger partial charge is 0.496 e. The molecule has 1 unspecified atom stereocenters. The van der Waals surface area contributed by atoms with E-state index in [-0.39, 0.29) is 5.38 Å². The van der Waals surface area contributed by atoms with Gasteiger partial charge in [0.15, 0.2) is 0 Å². The average molecular weight is 373 g/mol. The number of methoxy groups -OCH3 is 1. The first kappa shape index (κ1) is 13.7. The summed E-state index contributed by atoms with van der Waals surface area (Å²) in [6, 6.07) is 14.3. The molecule has 94 valence electrons. The zero-order valence-corrected chi connectivity index (χ0v) is 13.2. The molecule has 0 heterocycles. The van der Waals surface area contributed by atoms with Crippen LogP contribution in [0.15, 0.2) is 42.5 Å². The SMILES string of the molecule is COc1ccc(C)cc1C(Cl)c1ccc(I)cc1. The van der Waals surface area contributed by atoms with E-state index in [1.165, 1.54) is 9.13 Å². The maximum atomic E-state index is 6.56. The van der Waals surface area contributed by atoms with Crippen molar-refractivity contribution in [1.29, 1.82) is 0 Å². The van der Waals surface area contributed by atoms with Gasteiger partial charge in [0.25, 0.3) is 0 Å². The van der Waals surface area contributed by atoms with Crippen LogP contribution in [0, 0.1) is 10.5 Å². The van der Waals surface area contributed by atoms with Crippen LogP contribution in [0.25, 0.3) is 0 Å². The second-order valence-electron chi connectivity index (χ2n) is 4.16. The molecule has 0 radical (unpaired) electrons. The zero-order chi connectivity index (χ0) is 13.1. The Kier molecular flexibility index (Phi) is 4.51. The molecule has 0 spiro atoms. The van der Waals surface area contributed by atoms with Crippen molar-refractivity contribution < 1.29 is 4.74 Å². The van der Waals surface area contributed by atoms with Crippen molar-refractivity contribution in [2.24, 2.45) is 0 Å². The maximum absolute atomic E-state index is 6.56. The molecule has 0 aliphatic rings. The molecule has 0 saturated heterocycles. The molecule has 0 aromatic heterocycles. The molecular formula is C15H14ClIO. The van der Waals surface area contributed by atoms with Gasteiger partial charge in [-0.2, -0.15) is 0 Å². The van der Waals surface area contributed by atoms with Gasteiger partial charge in [-0.05, 0) is 53.3 Å². The lowest BCUT2D eigenvalue weighted by atomic mass is 10.0. The molecule has 1 nitrogen and oxygen atoms in total. The van der Waals surface area contributed by atoms with Crippen molar-refractivity contribution in [3.63, 3.8) is 0 Å². The van der Waals surface area contributed by atoms with E-state index in [9.17, 15) is 0 Å². The Morgan fingerprint density at radius 1 is 1.11 bits per heavy atom. The third-order valence-corrected chi connectivity index (χ3v) is 4.03. The normalized spacial score (nSPS) is 12.2. The third kappa shape index (κ3) is 2.98. The molecule has 0 amide bonds. The lowest BCUT2D eigenvalue weighted by Gasteiger charge is -2.15. The van der Waals surface area contributed by atoms with Crippen molar-refractivity contribution in [3.8, 4) is 5.75 Å². The number of alkyl halides is 1. The van der Waals surface area contributed by atoms with Crippen LogP contribution in [0.4, 0.5) is 0 Å². The number of ether oxygens (including phenoxy) is 1. The summed E-state index contributed by atoms with van der Waals surface area (Å²) in [4.78, 5) is 0. The number of halogens is 2. The van der Waals surface area contributed by atoms with E-state index in [4.69, 9.17) is 16.3 Å². The molecule has 0 fully saturated rings. The summed E-state index contributed by atoms with van der Waals surface area (Å²) in [5.74, 6) is 0.833. The standard InChI is InChI=1S/C15H14ClIO/c1-10-3-8-14(18-2)13(9-10)15(16)11-4-6-12(17)7-5-11/h3-9,15H,1-2H3. The first-order valence-corrected chi connectivity index (χ1v) is 7.17. The van der Waals surface area contributed by atoms with Crippen molar-refractivity contribution in [1.82, 2.24) is 0 Å². The molecule has 2 aromatic rings. The molecule has 0 aliphatic heterocycles. The maximum Gasteiger partial charge on any atom is 0.123 e. The van der Waals surface area contributed by atoms with E-state index in [1.54, 1.807) is 7.11 Å². The van der Waals surface area contributed by atoms with Crippen molar-refractivity contribution >= 4 is 34.2 Å². The zero-order valence-electron chi connectivity index (χ0n) is 10.3. The molecule has 0 aliphatic carbocycles. The molecule has 0 bridgehead atoms. The molecule has 0 saturated carbocycles. The second kappa shape index (κ2) is 5.93. The highest BCUT2D eigenvalue weighted by Gasteiger charge is 2.15. The van der Waals surface area contributed by atoms with Crippen LogP contribution in [0.1, 0.15) is 22.1 Å². The molecule has 2 rings (SSSR count). The average Bonchev–Trinajstić information content (AvgIpc) is 2.39. The number of hydrogen-bond acceptors (Lipinski definition) is 1. The van der Waals surface area contributed by atoms with Gasteiger partial charge in [0, 0.05) is 9.13 Å². The van der Waals surface area contributed by atoms with Gasteiger partial charge in [-0.15, -0.1) is 11.6 Å². The smallest absolute Gasteiger partial charge is 0.123 e. The minimum absolute atomic E-state index is 0.183. The molecule has 18 heavy (non-hydrogen) atoms. The first-order valence-electron chi connectivity index (χ1n) is 5.66. The third-order valence-electron chi connectivity index (χ3n) is 2.82. The van der Waals surface area contributed by atoms with Crippen molar-refractivity contribution in [2.45, 2.75) is 12.3 Å². The van der Waals surface area contributed by atoms with E-state index in [2.05, 4.69) is 59.8 Å². The Labute approximate surface area is 126 Å². The summed E-state index contributed by atoms with van der Waals surface area (Å²) in [5.41, 5.74) is 3.28. The summed E-state index contributed by atoms with van der Waals surface area (Å²) in [6.45, 7) is 2.06. The van der Waals surface area contributed by atoms with Gasteiger partial charge >= 0.3 is 0 Å². The second-order valence-corrected chi connectivity index (χ2v) is 5.84. The molecule has 0 N–H and O–H groups in total. The molecule has 3 heteroatoms. The van der Waals surface area contributed by atoms with Crippen LogP contribution in [-0.4, -0.2) is 7.11 Å². The lowest BCUT2D eigenvalue weighted by molar-refractivity contribution is 0.410. The van der Waals surface area contributed by atoms with E-state index in [1.807, 2.05) is 12.1 Å². The lowest BCUT2D eigenvalue weighted by Crippen LogP contribution is -1.98. The highest BCUT2D eigenvalue weighted by atomic mass is 127. The fourth-order valence-corrected chi connectivity index (χ4v) is 2.54. The van der Waals surface area contributed by atoms with Crippen LogP contribution in [-0.2, 0) is 0 Å². The Hall–Kier alpha value is -0.740.